The van der Waals surface area contributed by atoms with Crippen molar-refractivity contribution in [2.75, 3.05) is 19.1 Å². The third kappa shape index (κ3) is 3.77. The van der Waals surface area contributed by atoms with Crippen LogP contribution in [0.2, 0.25) is 5.02 Å². The van der Waals surface area contributed by atoms with Gasteiger partial charge in [-0.15, -0.1) is 0 Å². The summed E-state index contributed by atoms with van der Waals surface area (Å²) in [6, 6.07) is 9.64. The Labute approximate surface area is 191 Å². The number of halogens is 2. The van der Waals surface area contributed by atoms with Gasteiger partial charge in [0.25, 0.3) is 0 Å². The van der Waals surface area contributed by atoms with Gasteiger partial charge < -0.3 is 9.47 Å². The number of para-hydroxylation sites is 1. The van der Waals surface area contributed by atoms with Crippen molar-refractivity contribution in [3.05, 3.63) is 64.1 Å². The quantitative estimate of drug-likeness (QED) is 0.594. The molecule has 1 aliphatic heterocycles. The highest BCUT2D eigenvalue weighted by Crippen LogP contribution is 2.50. The Kier molecular flexibility index (Phi) is 5.76. The molecule has 0 fully saturated rings. The fourth-order valence-electron chi connectivity index (χ4n) is 4.79. The molecule has 0 saturated heterocycles. The Bertz CT molecular complexity index is 1140. The molecule has 32 heavy (non-hydrogen) atoms. The molecule has 2 aromatic rings. The average Bonchev–Trinajstić information content (AvgIpc) is 2.73. The van der Waals surface area contributed by atoms with Gasteiger partial charge in [0.15, 0.2) is 17.3 Å². The van der Waals surface area contributed by atoms with Crippen LogP contribution in [0.3, 0.4) is 0 Å². The van der Waals surface area contributed by atoms with Crippen molar-refractivity contribution in [1.29, 1.82) is 0 Å². The fourth-order valence-corrected chi connectivity index (χ4v) is 4.97. The number of ether oxygens (including phenoxy) is 2. The molecule has 1 heterocycles. The molecule has 1 unspecified atom stereocenters. The van der Waals surface area contributed by atoms with Crippen molar-refractivity contribution in [3.8, 4) is 11.5 Å². The first kappa shape index (κ1) is 22.3. The standard InChI is InChI=1S/C25H25ClFNO4/c1-25(2)12-19-23(20(29)13-25)16(15-6-5-7-21(31-3)24(15)32-4)11-22(30)28(19)14-8-9-18(27)17(26)10-14/h5-10,16H,11-13H2,1-4H3. The molecule has 1 amide bonds. The summed E-state index contributed by atoms with van der Waals surface area (Å²) in [5, 5.41) is -0.0737. The minimum atomic E-state index is -0.562. The number of hydrogen-bond acceptors (Lipinski definition) is 4. The molecule has 1 atom stereocenters. The number of carbonyl (C=O) groups excluding carboxylic acids is 2. The van der Waals surface area contributed by atoms with Gasteiger partial charge in [-0.1, -0.05) is 37.6 Å². The summed E-state index contributed by atoms with van der Waals surface area (Å²) in [7, 11) is 3.09. The van der Waals surface area contributed by atoms with E-state index in [1.54, 1.807) is 20.3 Å². The number of benzene rings is 2. The predicted octanol–water partition coefficient (Wildman–Crippen LogP) is 5.66. The van der Waals surface area contributed by atoms with Gasteiger partial charge in [-0.2, -0.15) is 0 Å². The maximum atomic E-state index is 13.8. The summed E-state index contributed by atoms with van der Waals surface area (Å²) < 4.78 is 24.8. The molecule has 1 aliphatic carbocycles. The van der Waals surface area contributed by atoms with Gasteiger partial charge in [-0.25, -0.2) is 4.39 Å². The van der Waals surface area contributed by atoms with Crippen LogP contribution >= 0.6 is 11.6 Å². The minimum Gasteiger partial charge on any atom is -0.493 e. The zero-order valence-electron chi connectivity index (χ0n) is 18.5. The van der Waals surface area contributed by atoms with Gasteiger partial charge in [0, 0.05) is 35.6 Å². The second-order valence-electron chi connectivity index (χ2n) is 8.97. The number of methoxy groups -OCH3 is 2. The zero-order valence-corrected chi connectivity index (χ0v) is 19.3. The molecule has 0 N–H and O–H groups in total. The summed E-state index contributed by atoms with van der Waals surface area (Å²) in [6.45, 7) is 4.01. The maximum Gasteiger partial charge on any atom is 0.232 e. The first-order valence-corrected chi connectivity index (χ1v) is 10.8. The Morgan fingerprint density at radius 1 is 1.09 bits per heavy atom. The Morgan fingerprint density at radius 3 is 2.50 bits per heavy atom. The first-order chi connectivity index (χ1) is 15.2. The molecule has 168 valence electrons. The summed E-state index contributed by atoms with van der Waals surface area (Å²) in [5.74, 6) is -0.165. The van der Waals surface area contributed by atoms with E-state index in [4.69, 9.17) is 21.1 Å². The molecule has 2 aromatic carbocycles. The SMILES string of the molecule is COc1cccc(C2CC(=O)N(c3ccc(F)c(Cl)c3)C3=C2C(=O)CC(C)(C)C3)c1OC. The van der Waals surface area contributed by atoms with Crippen molar-refractivity contribution in [1.82, 2.24) is 0 Å². The Morgan fingerprint density at radius 2 is 1.84 bits per heavy atom. The van der Waals surface area contributed by atoms with E-state index >= 15 is 0 Å². The highest BCUT2D eigenvalue weighted by atomic mass is 35.5. The lowest BCUT2D eigenvalue weighted by atomic mass is 9.69. The number of Topliss-reactive ketones (excluding diaryl/α,β-unsaturated/α-hetero) is 1. The molecule has 7 heteroatoms. The van der Waals surface area contributed by atoms with Crippen LogP contribution in [-0.4, -0.2) is 25.9 Å². The van der Waals surface area contributed by atoms with Crippen molar-refractivity contribution in [2.45, 2.75) is 39.0 Å². The summed E-state index contributed by atoms with van der Waals surface area (Å²) in [6.07, 6.45) is 0.974. The summed E-state index contributed by atoms with van der Waals surface area (Å²) in [5.41, 5.74) is 2.10. The first-order valence-electron chi connectivity index (χ1n) is 10.4. The number of rotatable bonds is 4. The number of allylic oxidation sites excluding steroid dienone is 2. The van der Waals surface area contributed by atoms with Crippen LogP contribution in [-0.2, 0) is 9.59 Å². The molecule has 0 radical (unpaired) electrons. The molecular weight excluding hydrogens is 433 g/mol. The van der Waals surface area contributed by atoms with E-state index in [9.17, 15) is 14.0 Å². The lowest BCUT2D eigenvalue weighted by molar-refractivity contribution is -0.121. The third-order valence-electron chi connectivity index (χ3n) is 6.11. The van der Waals surface area contributed by atoms with Crippen molar-refractivity contribution < 1.29 is 23.5 Å². The fraction of sp³-hybridized carbons (Fsp3) is 0.360. The molecule has 0 spiro atoms. The number of carbonyl (C=O) groups is 2. The lowest BCUT2D eigenvalue weighted by Gasteiger charge is -2.43. The largest absolute Gasteiger partial charge is 0.493 e. The number of ketones is 1. The Balaban J connectivity index is 1.94. The molecular formula is C25H25ClFNO4. The maximum absolute atomic E-state index is 13.8. The Hall–Kier alpha value is -2.86. The van der Waals surface area contributed by atoms with Gasteiger partial charge >= 0.3 is 0 Å². The van der Waals surface area contributed by atoms with Crippen LogP contribution in [0.15, 0.2) is 47.7 Å². The van der Waals surface area contributed by atoms with Crippen molar-refractivity contribution >= 4 is 29.0 Å². The average molecular weight is 458 g/mol. The zero-order chi connectivity index (χ0) is 23.2. The van der Waals surface area contributed by atoms with Crippen LogP contribution in [0.25, 0.3) is 0 Å². The second kappa shape index (κ2) is 8.24. The van der Waals surface area contributed by atoms with Gasteiger partial charge in [-0.05, 0) is 36.1 Å². The van der Waals surface area contributed by atoms with Gasteiger partial charge in [-0.3, -0.25) is 14.5 Å². The van der Waals surface area contributed by atoms with Gasteiger partial charge in [0.2, 0.25) is 5.91 Å². The van der Waals surface area contributed by atoms with Crippen molar-refractivity contribution in [3.63, 3.8) is 0 Å². The van der Waals surface area contributed by atoms with Crippen molar-refractivity contribution in [2.24, 2.45) is 5.41 Å². The molecule has 0 bridgehead atoms. The number of nitrogens with zero attached hydrogens (tertiary/aromatic N) is 1. The van der Waals surface area contributed by atoms with Crippen LogP contribution < -0.4 is 14.4 Å². The lowest BCUT2D eigenvalue weighted by Crippen LogP contribution is -2.43. The van der Waals surface area contributed by atoms with Crippen LogP contribution in [0.5, 0.6) is 11.5 Å². The highest BCUT2D eigenvalue weighted by molar-refractivity contribution is 6.31. The number of amides is 1. The molecule has 0 saturated carbocycles. The van der Waals surface area contributed by atoms with E-state index in [0.29, 0.717) is 41.3 Å². The smallest absolute Gasteiger partial charge is 0.232 e. The van der Waals surface area contributed by atoms with E-state index in [1.807, 2.05) is 26.0 Å². The van der Waals surface area contributed by atoms with E-state index in [-0.39, 0.29) is 28.5 Å². The van der Waals surface area contributed by atoms with Gasteiger partial charge in [0.05, 0.1) is 24.9 Å². The van der Waals surface area contributed by atoms with Crippen LogP contribution in [0.4, 0.5) is 10.1 Å². The summed E-state index contributed by atoms with van der Waals surface area (Å²) >= 11 is 6.01. The molecule has 2 aliphatic rings. The second-order valence-corrected chi connectivity index (χ2v) is 9.38. The number of anilines is 1. The van der Waals surface area contributed by atoms with E-state index in [0.717, 1.165) is 5.56 Å². The van der Waals surface area contributed by atoms with E-state index in [1.165, 1.54) is 23.1 Å². The molecule has 0 aromatic heterocycles. The number of hydrogen-bond donors (Lipinski definition) is 0. The molecule has 4 rings (SSSR count). The monoisotopic (exact) mass is 457 g/mol. The van der Waals surface area contributed by atoms with E-state index in [2.05, 4.69) is 0 Å². The molecule has 5 nitrogen and oxygen atoms in total. The summed E-state index contributed by atoms with van der Waals surface area (Å²) in [4.78, 5) is 28.4. The van der Waals surface area contributed by atoms with E-state index < -0.39 is 11.7 Å². The highest BCUT2D eigenvalue weighted by Gasteiger charge is 2.45. The van der Waals surface area contributed by atoms with Crippen LogP contribution in [0, 0.1) is 11.2 Å². The topological polar surface area (TPSA) is 55.8 Å². The minimum absolute atomic E-state index is 0.00293. The van der Waals surface area contributed by atoms with Gasteiger partial charge in [0.1, 0.15) is 5.82 Å². The predicted molar refractivity (Wildman–Crippen MR) is 121 cm³/mol. The third-order valence-corrected chi connectivity index (χ3v) is 6.40. The normalized spacial score (nSPS) is 20.3. The van der Waals surface area contributed by atoms with Crippen LogP contribution in [0.1, 0.15) is 44.6 Å².